The Labute approximate surface area is 120 Å². The number of halogens is 2. The molecule has 0 atom stereocenters. The standard InChI is InChI=1S/C14H11Cl2N3/c1-17-10-3-5-14-18-13(8-19(14)7-10)9-2-4-11(15)12(16)6-9/h2-8,17H,1H3. The molecule has 0 radical (unpaired) electrons. The van der Waals surface area contributed by atoms with Crippen LogP contribution < -0.4 is 5.32 Å². The minimum atomic E-state index is 0.534. The Bertz CT molecular complexity index is 750. The van der Waals surface area contributed by atoms with Crippen molar-refractivity contribution in [1.82, 2.24) is 9.38 Å². The molecule has 0 aliphatic carbocycles. The molecule has 0 saturated heterocycles. The lowest BCUT2D eigenvalue weighted by Gasteiger charge is -1.99. The highest BCUT2D eigenvalue weighted by atomic mass is 35.5. The van der Waals surface area contributed by atoms with Crippen LogP contribution in [0, 0.1) is 0 Å². The second kappa shape index (κ2) is 4.76. The van der Waals surface area contributed by atoms with Crippen LogP contribution >= 0.6 is 23.2 Å². The Morgan fingerprint density at radius 1 is 1.05 bits per heavy atom. The zero-order chi connectivity index (χ0) is 13.4. The van der Waals surface area contributed by atoms with Crippen molar-refractivity contribution in [3.8, 4) is 11.3 Å². The average Bonchev–Trinajstić information content (AvgIpc) is 2.84. The quantitative estimate of drug-likeness (QED) is 0.761. The number of benzene rings is 1. The van der Waals surface area contributed by atoms with Crippen molar-refractivity contribution in [2.24, 2.45) is 0 Å². The Morgan fingerprint density at radius 3 is 2.63 bits per heavy atom. The molecule has 0 aliphatic heterocycles. The van der Waals surface area contributed by atoms with Gasteiger partial charge in [-0.2, -0.15) is 0 Å². The van der Waals surface area contributed by atoms with E-state index in [4.69, 9.17) is 23.2 Å². The summed E-state index contributed by atoms with van der Waals surface area (Å²) in [5, 5.41) is 4.18. The minimum absolute atomic E-state index is 0.534. The summed E-state index contributed by atoms with van der Waals surface area (Å²) in [7, 11) is 1.89. The summed E-state index contributed by atoms with van der Waals surface area (Å²) in [5.41, 5.74) is 3.74. The first-order chi connectivity index (χ1) is 9.17. The van der Waals surface area contributed by atoms with E-state index in [0.29, 0.717) is 10.0 Å². The molecule has 2 aromatic heterocycles. The van der Waals surface area contributed by atoms with Crippen molar-refractivity contribution in [3.63, 3.8) is 0 Å². The first-order valence-electron chi connectivity index (χ1n) is 5.79. The minimum Gasteiger partial charge on any atom is -0.387 e. The third-order valence-electron chi connectivity index (χ3n) is 2.96. The SMILES string of the molecule is CNc1ccc2nc(-c3ccc(Cl)c(Cl)c3)cn2c1. The number of anilines is 1. The smallest absolute Gasteiger partial charge is 0.137 e. The van der Waals surface area contributed by atoms with Crippen molar-refractivity contribution in [1.29, 1.82) is 0 Å². The summed E-state index contributed by atoms with van der Waals surface area (Å²) in [5.74, 6) is 0. The second-order valence-electron chi connectivity index (χ2n) is 4.19. The Hall–Kier alpha value is -1.71. The van der Waals surface area contributed by atoms with Crippen molar-refractivity contribution >= 4 is 34.5 Å². The third kappa shape index (κ3) is 2.27. The number of nitrogens with one attached hydrogen (secondary N) is 1. The fourth-order valence-corrected chi connectivity index (χ4v) is 2.23. The van der Waals surface area contributed by atoms with E-state index in [1.165, 1.54) is 0 Å². The molecule has 5 heteroatoms. The number of rotatable bonds is 2. The highest BCUT2D eigenvalue weighted by Crippen LogP contribution is 2.28. The van der Waals surface area contributed by atoms with Gasteiger partial charge in [-0.25, -0.2) is 4.98 Å². The molecular formula is C14H11Cl2N3. The number of aromatic nitrogens is 2. The van der Waals surface area contributed by atoms with Crippen LogP contribution in [-0.2, 0) is 0 Å². The van der Waals surface area contributed by atoms with Crippen LogP contribution in [0.15, 0.2) is 42.7 Å². The average molecular weight is 292 g/mol. The maximum absolute atomic E-state index is 6.03. The summed E-state index contributed by atoms with van der Waals surface area (Å²) in [4.78, 5) is 4.56. The van der Waals surface area contributed by atoms with Gasteiger partial charge < -0.3 is 9.72 Å². The van der Waals surface area contributed by atoms with Gasteiger partial charge in [0.15, 0.2) is 0 Å². The first kappa shape index (κ1) is 12.3. The van der Waals surface area contributed by atoms with Crippen LogP contribution in [-0.4, -0.2) is 16.4 Å². The predicted octanol–water partition coefficient (Wildman–Crippen LogP) is 4.35. The number of hydrogen-bond donors (Lipinski definition) is 1. The Balaban J connectivity index is 2.11. The van der Waals surface area contributed by atoms with Crippen LogP contribution in [0.5, 0.6) is 0 Å². The molecule has 19 heavy (non-hydrogen) atoms. The van der Waals surface area contributed by atoms with E-state index in [2.05, 4.69) is 10.3 Å². The van der Waals surface area contributed by atoms with Crippen LogP contribution in [0.25, 0.3) is 16.9 Å². The largest absolute Gasteiger partial charge is 0.387 e. The molecule has 3 rings (SSSR count). The molecule has 1 N–H and O–H groups in total. The molecule has 96 valence electrons. The van der Waals surface area contributed by atoms with E-state index in [-0.39, 0.29) is 0 Å². The lowest BCUT2D eigenvalue weighted by atomic mass is 10.2. The van der Waals surface area contributed by atoms with Gasteiger partial charge in [-0.1, -0.05) is 29.3 Å². The van der Waals surface area contributed by atoms with Crippen LogP contribution in [0.3, 0.4) is 0 Å². The van der Waals surface area contributed by atoms with E-state index in [0.717, 1.165) is 22.6 Å². The molecule has 3 aromatic rings. The number of fused-ring (bicyclic) bond motifs is 1. The van der Waals surface area contributed by atoms with Crippen LogP contribution in [0.2, 0.25) is 10.0 Å². The van der Waals surface area contributed by atoms with Crippen LogP contribution in [0.1, 0.15) is 0 Å². The van der Waals surface area contributed by atoms with Crippen molar-refractivity contribution in [2.45, 2.75) is 0 Å². The van der Waals surface area contributed by atoms with E-state index in [1.54, 1.807) is 6.07 Å². The van der Waals surface area contributed by atoms with Crippen molar-refractivity contribution in [2.75, 3.05) is 12.4 Å². The van der Waals surface area contributed by atoms with Gasteiger partial charge in [-0.3, -0.25) is 0 Å². The molecule has 2 heterocycles. The fourth-order valence-electron chi connectivity index (χ4n) is 1.93. The predicted molar refractivity (Wildman–Crippen MR) is 80.2 cm³/mol. The number of pyridine rings is 1. The molecule has 1 aromatic carbocycles. The summed E-state index contributed by atoms with van der Waals surface area (Å²) >= 11 is 12.0. The molecule has 0 bridgehead atoms. The van der Waals surface area contributed by atoms with E-state index >= 15 is 0 Å². The van der Waals surface area contributed by atoms with Gasteiger partial charge in [0, 0.05) is 25.0 Å². The lowest BCUT2D eigenvalue weighted by molar-refractivity contribution is 1.18. The van der Waals surface area contributed by atoms with E-state index < -0.39 is 0 Å². The van der Waals surface area contributed by atoms with Gasteiger partial charge in [0.1, 0.15) is 5.65 Å². The molecule has 3 nitrogen and oxygen atoms in total. The normalized spacial score (nSPS) is 10.9. The number of nitrogens with zero attached hydrogens (tertiary/aromatic N) is 2. The third-order valence-corrected chi connectivity index (χ3v) is 3.69. The Morgan fingerprint density at radius 2 is 1.89 bits per heavy atom. The molecule has 0 spiro atoms. The molecular weight excluding hydrogens is 281 g/mol. The summed E-state index contributed by atoms with van der Waals surface area (Å²) in [6, 6.07) is 9.47. The second-order valence-corrected chi connectivity index (χ2v) is 5.00. The van der Waals surface area contributed by atoms with Gasteiger partial charge in [0.25, 0.3) is 0 Å². The maximum Gasteiger partial charge on any atom is 0.137 e. The van der Waals surface area contributed by atoms with E-state index in [1.807, 2.05) is 48.1 Å². The molecule has 0 aliphatic rings. The summed E-state index contributed by atoms with van der Waals surface area (Å²) in [6.07, 6.45) is 3.96. The topological polar surface area (TPSA) is 29.3 Å². The van der Waals surface area contributed by atoms with E-state index in [9.17, 15) is 0 Å². The van der Waals surface area contributed by atoms with Crippen LogP contribution in [0.4, 0.5) is 5.69 Å². The molecule has 0 saturated carbocycles. The van der Waals surface area contributed by atoms with Gasteiger partial charge in [0.05, 0.1) is 21.4 Å². The van der Waals surface area contributed by atoms with Crippen molar-refractivity contribution in [3.05, 3.63) is 52.8 Å². The number of imidazole rings is 1. The fraction of sp³-hybridized carbons (Fsp3) is 0.0714. The van der Waals surface area contributed by atoms with Gasteiger partial charge in [0.2, 0.25) is 0 Å². The summed E-state index contributed by atoms with van der Waals surface area (Å²) in [6.45, 7) is 0. The maximum atomic E-state index is 6.03. The monoisotopic (exact) mass is 291 g/mol. The zero-order valence-electron chi connectivity index (χ0n) is 10.2. The molecule has 0 fully saturated rings. The zero-order valence-corrected chi connectivity index (χ0v) is 11.7. The highest BCUT2D eigenvalue weighted by Gasteiger charge is 2.07. The summed E-state index contributed by atoms with van der Waals surface area (Å²) < 4.78 is 1.98. The van der Waals surface area contributed by atoms with Crippen molar-refractivity contribution < 1.29 is 0 Å². The Kier molecular flexibility index (Phi) is 3.09. The highest BCUT2D eigenvalue weighted by molar-refractivity contribution is 6.42. The first-order valence-corrected chi connectivity index (χ1v) is 6.55. The van der Waals surface area contributed by atoms with Gasteiger partial charge in [-0.05, 0) is 24.3 Å². The molecule has 0 unspecified atom stereocenters. The van der Waals surface area contributed by atoms with Gasteiger partial charge in [-0.15, -0.1) is 0 Å². The van der Waals surface area contributed by atoms with Gasteiger partial charge >= 0.3 is 0 Å². The molecule has 0 amide bonds. The number of hydrogen-bond acceptors (Lipinski definition) is 2. The lowest BCUT2D eigenvalue weighted by Crippen LogP contribution is -1.90.